The Bertz CT molecular complexity index is 411. The first-order valence-electron chi connectivity index (χ1n) is 5.71. The van der Waals surface area contributed by atoms with Gasteiger partial charge in [-0.3, -0.25) is 4.79 Å². The summed E-state index contributed by atoms with van der Waals surface area (Å²) in [6.07, 6.45) is 1.14. The summed E-state index contributed by atoms with van der Waals surface area (Å²) in [5.74, 6) is 0.0730. The van der Waals surface area contributed by atoms with Crippen LogP contribution in [0.4, 0.5) is 0 Å². The largest absolute Gasteiger partial charge is 0.379 e. The summed E-state index contributed by atoms with van der Waals surface area (Å²) in [5, 5.41) is 0.563. The van der Waals surface area contributed by atoms with E-state index in [9.17, 15) is 4.79 Å². The minimum atomic E-state index is -0.272. The van der Waals surface area contributed by atoms with Crippen LogP contribution >= 0.6 is 11.6 Å². The molecule has 0 spiro atoms. The first-order valence-corrected chi connectivity index (χ1v) is 6.08. The van der Waals surface area contributed by atoms with Crippen LogP contribution in [0.3, 0.4) is 0 Å². The maximum atomic E-state index is 12.0. The van der Waals surface area contributed by atoms with E-state index in [1.165, 1.54) is 0 Å². The Labute approximate surface area is 108 Å². The molecule has 0 saturated heterocycles. The fourth-order valence-corrected chi connectivity index (χ4v) is 1.75. The topological polar surface area (TPSA) is 26.3 Å². The molecule has 2 nitrogen and oxygen atoms in total. The van der Waals surface area contributed by atoms with Crippen LogP contribution < -0.4 is 0 Å². The Morgan fingerprint density at radius 2 is 2.06 bits per heavy atom. The van der Waals surface area contributed by atoms with E-state index in [1.807, 2.05) is 32.9 Å². The molecule has 0 aliphatic rings. The van der Waals surface area contributed by atoms with Crippen LogP contribution in [-0.4, -0.2) is 18.5 Å². The Balaban J connectivity index is 2.74. The summed E-state index contributed by atoms with van der Waals surface area (Å²) < 4.78 is 5.29. The minimum Gasteiger partial charge on any atom is -0.379 e. The van der Waals surface area contributed by atoms with Gasteiger partial charge in [0.1, 0.15) is 0 Å². The van der Waals surface area contributed by atoms with Crippen LogP contribution in [0, 0.1) is 6.92 Å². The number of carbonyl (C=O) groups is 1. The average Bonchev–Trinajstić information content (AvgIpc) is 2.30. The van der Waals surface area contributed by atoms with Gasteiger partial charge in [-0.1, -0.05) is 23.7 Å². The van der Waals surface area contributed by atoms with E-state index in [0.29, 0.717) is 23.4 Å². The lowest BCUT2D eigenvalue weighted by molar-refractivity contribution is 0.0141. The Morgan fingerprint density at radius 3 is 2.65 bits per heavy atom. The highest BCUT2D eigenvalue weighted by Crippen LogP contribution is 2.24. The smallest absolute Gasteiger partial charge is 0.164 e. The quantitative estimate of drug-likeness (QED) is 0.742. The number of rotatable bonds is 5. The van der Waals surface area contributed by atoms with E-state index in [2.05, 4.69) is 0 Å². The average molecular weight is 255 g/mol. The summed E-state index contributed by atoms with van der Waals surface area (Å²) in [4.78, 5) is 12.0. The number of ketones is 1. The van der Waals surface area contributed by atoms with Crippen molar-refractivity contribution in [1.82, 2.24) is 0 Å². The standard InChI is InChI=1S/C14H19ClO2/c1-10-6-5-7-11(13(10)15)12(16)8-9-14(2,3)17-4/h5-7H,8-9H2,1-4H3. The van der Waals surface area contributed by atoms with Crippen LogP contribution in [0.25, 0.3) is 0 Å². The van der Waals surface area contributed by atoms with E-state index in [0.717, 1.165) is 5.56 Å². The van der Waals surface area contributed by atoms with Gasteiger partial charge in [0.15, 0.2) is 5.78 Å². The minimum absolute atomic E-state index is 0.0730. The number of benzene rings is 1. The van der Waals surface area contributed by atoms with Crippen molar-refractivity contribution in [2.75, 3.05) is 7.11 Å². The Morgan fingerprint density at radius 1 is 1.41 bits per heavy atom. The summed E-state index contributed by atoms with van der Waals surface area (Å²) in [6, 6.07) is 5.53. The van der Waals surface area contributed by atoms with E-state index in [4.69, 9.17) is 16.3 Å². The SMILES string of the molecule is COC(C)(C)CCC(=O)c1cccc(C)c1Cl. The molecule has 0 bridgehead atoms. The van der Waals surface area contributed by atoms with Crippen molar-refractivity contribution in [3.8, 4) is 0 Å². The maximum Gasteiger partial charge on any atom is 0.164 e. The second-order valence-corrected chi connectivity index (χ2v) is 5.20. The lowest BCUT2D eigenvalue weighted by Crippen LogP contribution is -2.23. The molecule has 0 aliphatic heterocycles. The second kappa shape index (κ2) is 5.65. The van der Waals surface area contributed by atoms with Gasteiger partial charge in [0.2, 0.25) is 0 Å². The normalized spacial score (nSPS) is 11.6. The zero-order valence-corrected chi connectivity index (χ0v) is 11.6. The van der Waals surface area contributed by atoms with E-state index in [1.54, 1.807) is 13.2 Å². The molecule has 0 atom stereocenters. The first-order chi connectivity index (χ1) is 7.87. The van der Waals surface area contributed by atoms with Crippen LogP contribution in [0.2, 0.25) is 5.02 Å². The highest BCUT2D eigenvalue weighted by atomic mass is 35.5. The van der Waals surface area contributed by atoms with Gasteiger partial charge in [-0.25, -0.2) is 0 Å². The summed E-state index contributed by atoms with van der Waals surface area (Å²) in [7, 11) is 1.66. The van der Waals surface area contributed by atoms with Crippen molar-refractivity contribution in [2.24, 2.45) is 0 Å². The third kappa shape index (κ3) is 3.83. The molecule has 0 fully saturated rings. The number of methoxy groups -OCH3 is 1. The second-order valence-electron chi connectivity index (χ2n) is 4.82. The molecule has 0 saturated carbocycles. The third-order valence-electron chi connectivity index (χ3n) is 3.00. The number of aryl methyl sites for hydroxylation is 1. The predicted octanol–water partition coefficient (Wildman–Crippen LogP) is 4.04. The van der Waals surface area contributed by atoms with Crippen LogP contribution in [0.1, 0.15) is 42.6 Å². The van der Waals surface area contributed by atoms with Crippen molar-refractivity contribution in [1.29, 1.82) is 0 Å². The Hall–Kier alpha value is -0.860. The van der Waals surface area contributed by atoms with E-state index >= 15 is 0 Å². The van der Waals surface area contributed by atoms with Gasteiger partial charge in [-0.15, -0.1) is 0 Å². The van der Waals surface area contributed by atoms with Gasteiger partial charge in [0.05, 0.1) is 10.6 Å². The molecular weight excluding hydrogens is 236 g/mol. The fourth-order valence-electron chi connectivity index (χ4n) is 1.51. The highest BCUT2D eigenvalue weighted by Gasteiger charge is 2.19. The zero-order valence-electron chi connectivity index (χ0n) is 10.8. The molecule has 0 amide bonds. The molecule has 1 rings (SSSR count). The molecule has 0 radical (unpaired) electrons. The number of carbonyl (C=O) groups excluding carboxylic acids is 1. The first kappa shape index (κ1) is 14.2. The molecule has 0 unspecified atom stereocenters. The highest BCUT2D eigenvalue weighted by molar-refractivity contribution is 6.34. The van der Waals surface area contributed by atoms with E-state index < -0.39 is 0 Å². The van der Waals surface area contributed by atoms with Crippen LogP contribution in [0.5, 0.6) is 0 Å². The zero-order chi connectivity index (χ0) is 13.1. The molecule has 0 aromatic heterocycles. The van der Waals surface area contributed by atoms with Crippen molar-refractivity contribution in [2.45, 2.75) is 39.2 Å². The van der Waals surface area contributed by atoms with E-state index in [-0.39, 0.29) is 11.4 Å². The van der Waals surface area contributed by atoms with Gasteiger partial charge in [0.25, 0.3) is 0 Å². The number of halogens is 1. The third-order valence-corrected chi connectivity index (χ3v) is 3.50. The van der Waals surface area contributed by atoms with Crippen LogP contribution in [-0.2, 0) is 4.74 Å². The maximum absolute atomic E-state index is 12.0. The number of hydrogen-bond acceptors (Lipinski definition) is 2. The Kier molecular flexibility index (Phi) is 4.72. The molecular formula is C14H19ClO2. The molecule has 1 aromatic rings. The number of hydrogen-bond donors (Lipinski definition) is 0. The van der Waals surface area contributed by atoms with Gasteiger partial charge < -0.3 is 4.74 Å². The van der Waals surface area contributed by atoms with Gasteiger partial charge in [0, 0.05) is 19.1 Å². The van der Waals surface area contributed by atoms with Crippen molar-refractivity contribution in [3.63, 3.8) is 0 Å². The number of ether oxygens (including phenoxy) is 1. The molecule has 3 heteroatoms. The van der Waals surface area contributed by atoms with Gasteiger partial charge in [-0.05, 0) is 38.8 Å². The summed E-state index contributed by atoms with van der Waals surface area (Å²) >= 11 is 6.12. The molecule has 17 heavy (non-hydrogen) atoms. The lowest BCUT2D eigenvalue weighted by atomic mass is 9.97. The number of Topliss-reactive ketones (excluding diaryl/α,β-unsaturated/α-hetero) is 1. The monoisotopic (exact) mass is 254 g/mol. The van der Waals surface area contributed by atoms with Gasteiger partial charge in [-0.2, -0.15) is 0 Å². The lowest BCUT2D eigenvalue weighted by Gasteiger charge is -2.22. The molecule has 0 N–H and O–H groups in total. The fraction of sp³-hybridized carbons (Fsp3) is 0.500. The molecule has 1 aromatic carbocycles. The van der Waals surface area contributed by atoms with Crippen molar-refractivity contribution < 1.29 is 9.53 Å². The van der Waals surface area contributed by atoms with Crippen molar-refractivity contribution >= 4 is 17.4 Å². The van der Waals surface area contributed by atoms with Gasteiger partial charge >= 0.3 is 0 Å². The molecule has 0 aliphatic carbocycles. The van der Waals surface area contributed by atoms with Crippen LogP contribution in [0.15, 0.2) is 18.2 Å². The predicted molar refractivity (Wildman–Crippen MR) is 70.8 cm³/mol. The summed E-state index contributed by atoms with van der Waals surface area (Å²) in [5.41, 5.74) is 1.27. The summed E-state index contributed by atoms with van der Waals surface area (Å²) in [6.45, 7) is 5.84. The molecule has 0 heterocycles. The molecule has 94 valence electrons. The van der Waals surface area contributed by atoms with Crippen molar-refractivity contribution in [3.05, 3.63) is 34.3 Å².